The molecule has 1 heterocycles. The summed E-state index contributed by atoms with van der Waals surface area (Å²) in [5, 5.41) is 3.92. The number of rotatable bonds is 6. The first-order valence-corrected chi connectivity index (χ1v) is 4.76. The van der Waals surface area contributed by atoms with Crippen molar-refractivity contribution in [3.63, 3.8) is 0 Å². The molecule has 1 rings (SSSR count). The molecule has 0 amide bonds. The summed E-state index contributed by atoms with van der Waals surface area (Å²) >= 11 is 1.60. The van der Waals surface area contributed by atoms with E-state index < -0.39 is 0 Å². The van der Waals surface area contributed by atoms with Crippen molar-refractivity contribution in [1.82, 2.24) is 10.3 Å². The number of hydrogen-bond acceptors (Lipinski definition) is 4. The fourth-order valence-electron chi connectivity index (χ4n) is 0.696. The van der Waals surface area contributed by atoms with Crippen LogP contribution in [0.5, 0.6) is 0 Å². The highest BCUT2D eigenvalue weighted by molar-refractivity contribution is 7.99. The lowest BCUT2D eigenvalue weighted by Gasteiger charge is -1.97. The van der Waals surface area contributed by atoms with Crippen LogP contribution in [-0.4, -0.2) is 23.8 Å². The van der Waals surface area contributed by atoms with Crippen LogP contribution in [0.15, 0.2) is 34.8 Å². The zero-order valence-corrected chi connectivity index (χ0v) is 7.64. The zero-order chi connectivity index (χ0) is 8.65. The van der Waals surface area contributed by atoms with Gasteiger partial charge in [0, 0.05) is 18.8 Å². The number of aromatic nitrogens is 1. The molecule has 0 aliphatic heterocycles. The molecule has 0 aromatic carbocycles. The Balaban J connectivity index is 2.00. The van der Waals surface area contributed by atoms with Gasteiger partial charge in [0.25, 0.3) is 5.22 Å². The van der Waals surface area contributed by atoms with Crippen molar-refractivity contribution in [3.05, 3.63) is 25.1 Å². The summed E-state index contributed by atoms with van der Waals surface area (Å²) in [7, 11) is 0. The van der Waals surface area contributed by atoms with E-state index in [1.165, 1.54) is 0 Å². The van der Waals surface area contributed by atoms with Gasteiger partial charge in [-0.1, -0.05) is 17.8 Å². The predicted octanol–water partition coefficient (Wildman–Crippen LogP) is 1.54. The van der Waals surface area contributed by atoms with Crippen LogP contribution in [-0.2, 0) is 0 Å². The Labute approximate surface area is 76.3 Å². The summed E-state index contributed by atoms with van der Waals surface area (Å²) in [4.78, 5) is 3.98. The van der Waals surface area contributed by atoms with E-state index in [1.54, 1.807) is 24.2 Å². The van der Waals surface area contributed by atoms with Crippen LogP contribution in [0, 0.1) is 0 Å². The largest absolute Gasteiger partial charge is 0.440 e. The zero-order valence-electron chi connectivity index (χ0n) is 6.82. The van der Waals surface area contributed by atoms with Crippen LogP contribution in [0.1, 0.15) is 0 Å². The van der Waals surface area contributed by atoms with Crippen molar-refractivity contribution in [3.8, 4) is 0 Å². The van der Waals surface area contributed by atoms with Gasteiger partial charge >= 0.3 is 0 Å². The molecule has 12 heavy (non-hydrogen) atoms. The van der Waals surface area contributed by atoms with E-state index in [9.17, 15) is 0 Å². The molecule has 1 aromatic rings. The lowest BCUT2D eigenvalue weighted by Crippen LogP contribution is -2.16. The fourth-order valence-corrected chi connectivity index (χ4v) is 1.38. The summed E-state index contributed by atoms with van der Waals surface area (Å²) in [6.07, 6.45) is 5.08. The second-order valence-electron chi connectivity index (χ2n) is 2.14. The minimum absolute atomic E-state index is 0.732. The van der Waals surface area contributed by atoms with Crippen molar-refractivity contribution in [2.24, 2.45) is 0 Å². The Morgan fingerprint density at radius 3 is 3.33 bits per heavy atom. The monoisotopic (exact) mass is 184 g/mol. The third-order valence-electron chi connectivity index (χ3n) is 1.20. The SMILES string of the molecule is C=CCNCCSc1ncco1. The van der Waals surface area contributed by atoms with Crippen molar-refractivity contribution < 1.29 is 4.42 Å². The van der Waals surface area contributed by atoms with Gasteiger partial charge in [-0.3, -0.25) is 0 Å². The summed E-state index contributed by atoms with van der Waals surface area (Å²) in [6.45, 7) is 5.40. The van der Waals surface area contributed by atoms with Gasteiger partial charge in [-0.15, -0.1) is 6.58 Å². The first-order valence-electron chi connectivity index (χ1n) is 3.77. The number of hydrogen-bond donors (Lipinski definition) is 1. The molecule has 0 unspecified atom stereocenters. The van der Waals surface area contributed by atoms with Crippen molar-refractivity contribution in [1.29, 1.82) is 0 Å². The van der Waals surface area contributed by atoms with Gasteiger partial charge in [-0.05, 0) is 0 Å². The van der Waals surface area contributed by atoms with Crippen molar-refractivity contribution in [2.75, 3.05) is 18.8 Å². The topological polar surface area (TPSA) is 38.1 Å². The maximum Gasteiger partial charge on any atom is 0.255 e. The molecule has 3 nitrogen and oxygen atoms in total. The van der Waals surface area contributed by atoms with Crippen LogP contribution in [0.2, 0.25) is 0 Å². The lowest BCUT2D eigenvalue weighted by atomic mass is 10.6. The Morgan fingerprint density at radius 1 is 1.75 bits per heavy atom. The molecule has 0 saturated heterocycles. The van der Waals surface area contributed by atoms with E-state index in [0.29, 0.717) is 0 Å². The van der Waals surface area contributed by atoms with Crippen LogP contribution < -0.4 is 5.32 Å². The van der Waals surface area contributed by atoms with Crippen LogP contribution in [0.4, 0.5) is 0 Å². The Bertz CT molecular complexity index is 211. The standard InChI is InChI=1S/C8H12N2OS/c1-2-3-9-5-7-12-8-10-4-6-11-8/h2,4,6,9H,1,3,5,7H2. The molecule has 0 bridgehead atoms. The molecule has 0 spiro atoms. The second-order valence-corrected chi connectivity index (χ2v) is 3.19. The summed E-state index contributed by atoms with van der Waals surface area (Å²) in [5.41, 5.74) is 0. The van der Waals surface area contributed by atoms with Gasteiger partial charge in [0.2, 0.25) is 0 Å². The molecule has 0 aliphatic rings. The molecule has 4 heteroatoms. The molecule has 0 saturated carbocycles. The minimum atomic E-state index is 0.732. The van der Waals surface area contributed by atoms with Gasteiger partial charge < -0.3 is 9.73 Å². The normalized spacial score (nSPS) is 10.0. The van der Waals surface area contributed by atoms with E-state index in [-0.39, 0.29) is 0 Å². The first-order chi connectivity index (χ1) is 5.93. The molecular weight excluding hydrogens is 172 g/mol. The smallest absolute Gasteiger partial charge is 0.255 e. The van der Waals surface area contributed by atoms with Crippen LogP contribution in [0.3, 0.4) is 0 Å². The highest BCUT2D eigenvalue weighted by Gasteiger charge is 1.95. The average molecular weight is 184 g/mol. The number of nitrogens with one attached hydrogen (secondary N) is 1. The molecule has 0 radical (unpaired) electrons. The summed E-state index contributed by atoms with van der Waals surface area (Å²) < 4.78 is 5.04. The van der Waals surface area contributed by atoms with Gasteiger partial charge in [-0.25, -0.2) is 4.98 Å². The van der Waals surface area contributed by atoms with E-state index in [1.807, 2.05) is 6.08 Å². The van der Waals surface area contributed by atoms with Gasteiger partial charge in [0.05, 0.1) is 6.20 Å². The molecule has 0 aliphatic carbocycles. The number of thioether (sulfide) groups is 1. The highest BCUT2D eigenvalue weighted by atomic mass is 32.2. The van der Waals surface area contributed by atoms with E-state index in [0.717, 1.165) is 24.1 Å². The third kappa shape index (κ3) is 3.59. The highest BCUT2D eigenvalue weighted by Crippen LogP contribution is 2.12. The number of nitrogens with zero attached hydrogens (tertiary/aromatic N) is 1. The molecule has 1 aromatic heterocycles. The van der Waals surface area contributed by atoms with Gasteiger partial charge in [0.15, 0.2) is 0 Å². The molecule has 0 fully saturated rings. The Morgan fingerprint density at radius 2 is 2.67 bits per heavy atom. The summed E-state index contributed by atoms with van der Waals surface area (Å²) in [6, 6.07) is 0. The van der Waals surface area contributed by atoms with Gasteiger partial charge in [0.1, 0.15) is 6.26 Å². The molecule has 1 N–H and O–H groups in total. The van der Waals surface area contributed by atoms with E-state index >= 15 is 0 Å². The third-order valence-corrected chi connectivity index (χ3v) is 2.06. The Hall–Kier alpha value is -0.740. The fraction of sp³-hybridized carbons (Fsp3) is 0.375. The van der Waals surface area contributed by atoms with Crippen molar-refractivity contribution >= 4 is 11.8 Å². The maximum atomic E-state index is 5.04. The maximum absolute atomic E-state index is 5.04. The lowest BCUT2D eigenvalue weighted by molar-refractivity contribution is 0.454. The van der Waals surface area contributed by atoms with Crippen LogP contribution >= 0.6 is 11.8 Å². The predicted molar refractivity (Wildman–Crippen MR) is 50.3 cm³/mol. The average Bonchev–Trinajstić information content (AvgIpc) is 2.57. The quantitative estimate of drug-likeness (QED) is 0.413. The molecule has 66 valence electrons. The second kappa shape index (κ2) is 5.85. The van der Waals surface area contributed by atoms with E-state index in [4.69, 9.17) is 4.42 Å². The summed E-state index contributed by atoms with van der Waals surface area (Å²) in [5.74, 6) is 0.967. The minimum Gasteiger partial charge on any atom is -0.440 e. The van der Waals surface area contributed by atoms with E-state index in [2.05, 4.69) is 16.9 Å². The Kier molecular flexibility index (Phi) is 4.56. The van der Waals surface area contributed by atoms with Crippen LogP contribution in [0.25, 0.3) is 0 Å². The first kappa shape index (κ1) is 9.35. The molecule has 0 atom stereocenters. The number of oxazole rings is 1. The molecular formula is C8H12N2OS. The van der Waals surface area contributed by atoms with Crippen molar-refractivity contribution in [2.45, 2.75) is 5.22 Å². The van der Waals surface area contributed by atoms with Gasteiger partial charge in [-0.2, -0.15) is 0 Å².